The molecular formula is C15H24N2O. The maximum atomic E-state index is 10.8. The highest BCUT2D eigenvalue weighted by Gasteiger charge is 2.33. The monoisotopic (exact) mass is 248 g/mol. The predicted octanol–water partition coefficient (Wildman–Crippen LogP) is 1.55. The maximum Gasteiger partial charge on any atom is 0.0921 e. The highest BCUT2D eigenvalue weighted by Crippen LogP contribution is 2.33. The third-order valence-electron chi connectivity index (χ3n) is 4.17. The second kappa shape index (κ2) is 5.39. The zero-order valence-corrected chi connectivity index (χ0v) is 11.4. The fourth-order valence-corrected chi connectivity index (χ4v) is 2.65. The number of benzene rings is 1. The van der Waals surface area contributed by atoms with E-state index in [4.69, 9.17) is 5.73 Å². The lowest BCUT2D eigenvalue weighted by atomic mass is 9.83. The van der Waals surface area contributed by atoms with Crippen LogP contribution in [0.1, 0.15) is 29.5 Å². The molecule has 0 radical (unpaired) electrons. The van der Waals surface area contributed by atoms with Gasteiger partial charge in [-0.2, -0.15) is 0 Å². The predicted molar refractivity (Wildman–Crippen MR) is 74.5 cm³/mol. The zero-order chi connectivity index (χ0) is 13.2. The molecule has 100 valence electrons. The summed E-state index contributed by atoms with van der Waals surface area (Å²) in [5.41, 5.74) is 8.52. The standard InChI is InChI=1S/C15H24N2O/c1-12-3-4-14(11-13(12)2)15(18)5-8-17(9-6-15)10-7-16/h3-4,11,18H,5-10,16H2,1-2H3. The summed E-state index contributed by atoms with van der Waals surface area (Å²) in [5.74, 6) is 0. The second-order valence-corrected chi connectivity index (χ2v) is 5.46. The molecule has 1 saturated heterocycles. The van der Waals surface area contributed by atoms with Crippen LogP contribution in [0.25, 0.3) is 0 Å². The number of likely N-dealkylation sites (tertiary alicyclic amines) is 1. The normalized spacial score (nSPS) is 20.0. The minimum atomic E-state index is -0.649. The number of aliphatic hydroxyl groups is 1. The number of aryl methyl sites for hydroxylation is 2. The smallest absolute Gasteiger partial charge is 0.0921 e. The fourth-order valence-electron chi connectivity index (χ4n) is 2.65. The van der Waals surface area contributed by atoms with E-state index in [1.807, 2.05) is 0 Å². The quantitative estimate of drug-likeness (QED) is 0.853. The summed E-state index contributed by atoms with van der Waals surface area (Å²) in [4.78, 5) is 2.33. The van der Waals surface area contributed by atoms with Crippen LogP contribution in [0.5, 0.6) is 0 Å². The molecule has 0 aliphatic carbocycles. The lowest BCUT2D eigenvalue weighted by Gasteiger charge is -2.38. The van der Waals surface area contributed by atoms with E-state index in [-0.39, 0.29) is 0 Å². The Balaban J connectivity index is 2.10. The molecule has 0 atom stereocenters. The highest BCUT2D eigenvalue weighted by atomic mass is 16.3. The Morgan fingerprint density at radius 1 is 1.22 bits per heavy atom. The van der Waals surface area contributed by atoms with Crippen molar-refractivity contribution in [3.05, 3.63) is 34.9 Å². The molecule has 1 aromatic rings. The molecule has 0 amide bonds. The minimum Gasteiger partial charge on any atom is -0.385 e. The average molecular weight is 248 g/mol. The van der Waals surface area contributed by atoms with Gasteiger partial charge in [0.1, 0.15) is 0 Å². The van der Waals surface area contributed by atoms with Gasteiger partial charge >= 0.3 is 0 Å². The summed E-state index contributed by atoms with van der Waals surface area (Å²) in [6, 6.07) is 6.31. The topological polar surface area (TPSA) is 49.5 Å². The van der Waals surface area contributed by atoms with Crippen LogP contribution in [-0.4, -0.2) is 36.2 Å². The molecule has 3 N–H and O–H groups in total. The largest absolute Gasteiger partial charge is 0.385 e. The third-order valence-corrected chi connectivity index (χ3v) is 4.17. The molecule has 1 aliphatic rings. The Morgan fingerprint density at radius 3 is 2.44 bits per heavy atom. The summed E-state index contributed by atoms with van der Waals surface area (Å²) < 4.78 is 0. The van der Waals surface area contributed by atoms with Gasteiger partial charge in [-0.05, 0) is 43.4 Å². The molecule has 18 heavy (non-hydrogen) atoms. The highest BCUT2D eigenvalue weighted by molar-refractivity contribution is 5.33. The van der Waals surface area contributed by atoms with Crippen molar-refractivity contribution in [3.8, 4) is 0 Å². The van der Waals surface area contributed by atoms with Crippen molar-refractivity contribution in [2.45, 2.75) is 32.3 Å². The van der Waals surface area contributed by atoms with Crippen molar-refractivity contribution in [1.29, 1.82) is 0 Å². The Kier molecular flexibility index (Phi) is 4.05. The third kappa shape index (κ3) is 2.74. The van der Waals surface area contributed by atoms with E-state index in [2.05, 4.69) is 36.9 Å². The molecule has 0 unspecified atom stereocenters. The molecule has 1 aromatic carbocycles. The van der Waals surface area contributed by atoms with Crippen molar-refractivity contribution in [1.82, 2.24) is 4.90 Å². The van der Waals surface area contributed by atoms with Crippen LogP contribution in [0, 0.1) is 13.8 Å². The number of hydrogen-bond acceptors (Lipinski definition) is 3. The first-order valence-corrected chi connectivity index (χ1v) is 6.78. The van der Waals surface area contributed by atoms with Crippen molar-refractivity contribution < 1.29 is 5.11 Å². The molecule has 1 fully saturated rings. The van der Waals surface area contributed by atoms with Crippen LogP contribution < -0.4 is 5.73 Å². The molecule has 3 heteroatoms. The Hall–Kier alpha value is -0.900. The van der Waals surface area contributed by atoms with E-state index in [1.165, 1.54) is 11.1 Å². The van der Waals surface area contributed by atoms with Gasteiger partial charge in [0.15, 0.2) is 0 Å². The van der Waals surface area contributed by atoms with Crippen LogP contribution in [0.2, 0.25) is 0 Å². The summed E-state index contributed by atoms with van der Waals surface area (Å²) in [5, 5.41) is 10.8. The number of nitrogens with zero attached hydrogens (tertiary/aromatic N) is 1. The number of rotatable bonds is 3. The number of piperidine rings is 1. The fraction of sp³-hybridized carbons (Fsp3) is 0.600. The molecule has 0 aromatic heterocycles. The number of hydrogen-bond donors (Lipinski definition) is 2. The van der Waals surface area contributed by atoms with Gasteiger partial charge in [0, 0.05) is 26.2 Å². The van der Waals surface area contributed by atoms with E-state index >= 15 is 0 Å². The van der Waals surface area contributed by atoms with Crippen LogP contribution >= 0.6 is 0 Å². The first-order chi connectivity index (χ1) is 8.55. The van der Waals surface area contributed by atoms with E-state index in [1.54, 1.807) is 0 Å². The van der Waals surface area contributed by atoms with Gasteiger partial charge in [-0.25, -0.2) is 0 Å². The Morgan fingerprint density at radius 2 is 1.89 bits per heavy atom. The van der Waals surface area contributed by atoms with Crippen molar-refractivity contribution >= 4 is 0 Å². The first kappa shape index (κ1) is 13.5. The molecule has 0 saturated carbocycles. The molecule has 2 rings (SSSR count). The number of nitrogens with two attached hydrogens (primary N) is 1. The van der Waals surface area contributed by atoms with E-state index in [0.29, 0.717) is 6.54 Å². The molecule has 0 spiro atoms. The van der Waals surface area contributed by atoms with E-state index < -0.39 is 5.60 Å². The summed E-state index contributed by atoms with van der Waals surface area (Å²) >= 11 is 0. The van der Waals surface area contributed by atoms with Gasteiger partial charge in [-0.1, -0.05) is 18.2 Å². The SMILES string of the molecule is Cc1ccc(C2(O)CCN(CCN)CC2)cc1C. The average Bonchev–Trinajstić information content (AvgIpc) is 2.36. The molecule has 0 bridgehead atoms. The zero-order valence-electron chi connectivity index (χ0n) is 11.4. The Labute approximate surface area is 110 Å². The maximum absolute atomic E-state index is 10.8. The van der Waals surface area contributed by atoms with Gasteiger partial charge in [-0.15, -0.1) is 0 Å². The van der Waals surface area contributed by atoms with Gasteiger partial charge in [0.2, 0.25) is 0 Å². The van der Waals surface area contributed by atoms with E-state index in [9.17, 15) is 5.11 Å². The van der Waals surface area contributed by atoms with Crippen LogP contribution in [-0.2, 0) is 5.60 Å². The van der Waals surface area contributed by atoms with E-state index in [0.717, 1.165) is 38.0 Å². The van der Waals surface area contributed by atoms with Gasteiger partial charge in [0.05, 0.1) is 5.60 Å². The summed E-state index contributed by atoms with van der Waals surface area (Å²) in [6.45, 7) is 7.70. The van der Waals surface area contributed by atoms with Crippen molar-refractivity contribution in [2.75, 3.05) is 26.2 Å². The minimum absolute atomic E-state index is 0.649. The lowest BCUT2D eigenvalue weighted by molar-refractivity contribution is -0.0252. The summed E-state index contributed by atoms with van der Waals surface area (Å²) in [7, 11) is 0. The summed E-state index contributed by atoms with van der Waals surface area (Å²) in [6.07, 6.45) is 1.60. The van der Waals surface area contributed by atoms with Crippen molar-refractivity contribution in [2.24, 2.45) is 5.73 Å². The van der Waals surface area contributed by atoms with Crippen molar-refractivity contribution in [3.63, 3.8) is 0 Å². The molecule has 3 nitrogen and oxygen atoms in total. The van der Waals surface area contributed by atoms with Crippen LogP contribution in [0.15, 0.2) is 18.2 Å². The van der Waals surface area contributed by atoms with Crippen LogP contribution in [0.4, 0.5) is 0 Å². The lowest BCUT2D eigenvalue weighted by Crippen LogP contribution is -2.44. The van der Waals surface area contributed by atoms with Gasteiger partial charge in [-0.3, -0.25) is 0 Å². The molecular weight excluding hydrogens is 224 g/mol. The second-order valence-electron chi connectivity index (χ2n) is 5.46. The van der Waals surface area contributed by atoms with Crippen LogP contribution in [0.3, 0.4) is 0 Å². The molecule has 1 heterocycles. The Bertz CT molecular complexity index is 409. The van der Waals surface area contributed by atoms with Gasteiger partial charge < -0.3 is 15.7 Å². The first-order valence-electron chi connectivity index (χ1n) is 6.78. The van der Waals surface area contributed by atoms with Gasteiger partial charge in [0.25, 0.3) is 0 Å². The molecule has 1 aliphatic heterocycles.